The Bertz CT molecular complexity index is 254. The normalized spacial score (nSPS) is 12.5. The van der Waals surface area contributed by atoms with Crippen molar-refractivity contribution in [1.29, 1.82) is 5.26 Å². The molecule has 3 heteroatoms. The van der Waals surface area contributed by atoms with Gasteiger partial charge in [0, 0.05) is 5.03 Å². The monoisotopic (exact) mass is 169 g/mol. The van der Waals surface area contributed by atoms with Crippen LogP contribution < -0.4 is 0 Å². The first-order valence-corrected chi connectivity index (χ1v) is 3.27. The minimum absolute atomic E-state index is 0.0655. The smallest absolute Gasteiger partial charge is 0.0993 e. The summed E-state index contributed by atoms with van der Waals surface area (Å²) in [7, 11) is 0. The van der Waals surface area contributed by atoms with Crippen LogP contribution in [0.3, 0.4) is 0 Å². The molecule has 0 bridgehead atoms. The lowest BCUT2D eigenvalue weighted by molar-refractivity contribution is 0.414. The average molecular weight is 170 g/mol. The largest absolute Gasteiger partial charge is 0.513 e. The average Bonchev–Trinajstić information content (AvgIpc) is 1.84. The zero-order chi connectivity index (χ0) is 8.85. The molecule has 0 atom stereocenters. The molecule has 0 rings (SSSR count). The van der Waals surface area contributed by atoms with Gasteiger partial charge in [0.25, 0.3) is 0 Å². The lowest BCUT2D eigenvalue weighted by Crippen LogP contribution is -1.76. The molecule has 11 heavy (non-hydrogen) atoms. The molecule has 2 nitrogen and oxygen atoms in total. The highest BCUT2D eigenvalue weighted by atomic mass is 35.5. The van der Waals surface area contributed by atoms with Gasteiger partial charge in [-0.3, -0.25) is 0 Å². The van der Waals surface area contributed by atoms with Crippen LogP contribution in [0.25, 0.3) is 0 Å². The summed E-state index contributed by atoms with van der Waals surface area (Å²) in [4.78, 5) is 0. The Morgan fingerprint density at radius 1 is 1.64 bits per heavy atom. The predicted octanol–water partition coefficient (Wildman–Crippen LogP) is 2.65. The molecule has 0 saturated heterocycles. The maximum atomic E-state index is 8.76. The van der Waals surface area contributed by atoms with E-state index < -0.39 is 0 Å². The zero-order valence-electron chi connectivity index (χ0n) is 6.13. The van der Waals surface area contributed by atoms with Crippen LogP contribution in [0.5, 0.6) is 0 Å². The van der Waals surface area contributed by atoms with Gasteiger partial charge in [-0.2, -0.15) is 5.26 Å². The summed E-state index contributed by atoms with van der Waals surface area (Å²) in [6.07, 6.45) is 2.69. The molecule has 58 valence electrons. The highest BCUT2D eigenvalue weighted by molar-refractivity contribution is 6.30. The van der Waals surface area contributed by atoms with Crippen molar-refractivity contribution < 1.29 is 5.11 Å². The van der Waals surface area contributed by atoms with E-state index in [-0.39, 0.29) is 16.4 Å². The molecule has 0 radical (unpaired) electrons. The molecule has 0 heterocycles. The van der Waals surface area contributed by atoms with E-state index >= 15 is 0 Å². The first-order valence-electron chi connectivity index (χ1n) is 2.89. The van der Waals surface area contributed by atoms with Crippen LogP contribution >= 0.6 is 11.6 Å². The zero-order valence-corrected chi connectivity index (χ0v) is 6.89. The second-order valence-electron chi connectivity index (χ2n) is 1.94. The van der Waals surface area contributed by atoms with Gasteiger partial charge in [-0.05, 0) is 19.1 Å². The van der Waals surface area contributed by atoms with Gasteiger partial charge in [0.1, 0.15) is 0 Å². The highest BCUT2D eigenvalue weighted by Crippen LogP contribution is 2.06. The summed E-state index contributed by atoms with van der Waals surface area (Å²) in [6, 6.07) is 1.84. The summed E-state index contributed by atoms with van der Waals surface area (Å²) in [5, 5.41) is 17.5. The SMILES string of the molecule is C=C(Cl)/C=C(C#N)\C=C(/C)O. The minimum atomic E-state index is 0.0655. The fraction of sp³-hybridized carbons (Fsp3) is 0.125. The first kappa shape index (κ1) is 9.80. The van der Waals surface area contributed by atoms with Gasteiger partial charge >= 0.3 is 0 Å². The quantitative estimate of drug-likeness (QED) is 0.392. The van der Waals surface area contributed by atoms with Crippen molar-refractivity contribution in [3.8, 4) is 6.07 Å². The maximum absolute atomic E-state index is 8.76. The Labute approximate surface area is 70.7 Å². The molecule has 1 N–H and O–H groups in total. The van der Waals surface area contributed by atoms with Crippen LogP contribution in [0.1, 0.15) is 6.92 Å². The molecule has 0 aromatic rings. The van der Waals surface area contributed by atoms with Crippen LogP contribution in [0.2, 0.25) is 0 Å². The second kappa shape index (κ2) is 4.59. The van der Waals surface area contributed by atoms with Crippen molar-refractivity contribution in [3.05, 3.63) is 35.1 Å². The van der Waals surface area contributed by atoms with Crippen LogP contribution in [-0.2, 0) is 0 Å². The van der Waals surface area contributed by atoms with Gasteiger partial charge < -0.3 is 5.11 Å². The molecule has 0 aromatic carbocycles. The molecule has 0 aliphatic rings. The van der Waals surface area contributed by atoms with Crippen molar-refractivity contribution in [2.45, 2.75) is 6.92 Å². The van der Waals surface area contributed by atoms with Crippen LogP contribution in [-0.4, -0.2) is 5.11 Å². The third kappa shape index (κ3) is 5.25. The Hall–Kier alpha value is -1.20. The first-order chi connectivity index (χ1) is 5.06. The molecule has 0 aliphatic carbocycles. The molecule has 0 spiro atoms. The van der Waals surface area contributed by atoms with Crippen molar-refractivity contribution in [2.75, 3.05) is 0 Å². The van der Waals surface area contributed by atoms with Crippen molar-refractivity contribution in [3.63, 3.8) is 0 Å². The van der Waals surface area contributed by atoms with E-state index in [4.69, 9.17) is 22.0 Å². The number of hydrogen-bond acceptors (Lipinski definition) is 2. The van der Waals surface area contributed by atoms with Gasteiger partial charge in [-0.25, -0.2) is 0 Å². The van der Waals surface area contributed by atoms with Gasteiger partial charge in [0.15, 0.2) is 0 Å². The Morgan fingerprint density at radius 3 is 2.45 bits per heavy atom. The van der Waals surface area contributed by atoms with Crippen molar-refractivity contribution in [2.24, 2.45) is 0 Å². The van der Waals surface area contributed by atoms with Crippen LogP contribution in [0.4, 0.5) is 0 Å². The molecule has 0 saturated carbocycles. The number of aliphatic hydroxyl groups excluding tert-OH is 1. The van der Waals surface area contributed by atoms with E-state index in [0.717, 1.165) is 0 Å². The second-order valence-corrected chi connectivity index (χ2v) is 2.43. The Kier molecular flexibility index (Phi) is 4.09. The fourth-order valence-electron chi connectivity index (χ4n) is 0.500. The third-order valence-electron chi connectivity index (χ3n) is 0.806. The summed E-state index contributed by atoms with van der Waals surface area (Å²) >= 11 is 5.40. The fourth-order valence-corrected chi connectivity index (χ4v) is 0.618. The maximum Gasteiger partial charge on any atom is 0.0993 e. The van der Waals surface area contributed by atoms with E-state index in [1.54, 1.807) is 0 Å². The van der Waals surface area contributed by atoms with Crippen LogP contribution in [0.15, 0.2) is 35.1 Å². The Balaban J connectivity index is 4.59. The minimum Gasteiger partial charge on any atom is -0.513 e. The molecular formula is C8H8ClNO. The van der Waals surface area contributed by atoms with Gasteiger partial charge in [-0.15, -0.1) is 0 Å². The lowest BCUT2D eigenvalue weighted by Gasteiger charge is -1.88. The number of rotatable bonds is 2. The van der Waals surface area contributed by atoms with Crippen molar-refractivity contribution >= 4 is 11.6 Å². The van der Waals surface area contributed by atoms with Gasteiger partial charge in [-0.1, -0.05) is 18.2 Å². The third-order valence-corrected chi connectivity index (χ3v) is 0.915. The Morgan fingerprint density at radius 2 is 2.18 bits per heavy atom. The number of hydrogen-bond donors (Lipinski definition) is 1. The van der Waals surface area contributed by atoms with Crippen molar-refractivity contribution in [1.82, 2.24) is 0 Å². The molecule has 0 aliphatic heterocycles. The predicted molar refractivity (Wildman–Crippen MR) is 45.1 cm³/mol. The molecule has 0 aromatic heterocycles. The number of halogens is 1. The van der Waals surface area contributed by atoms with E-state index in [1.165, 1.54) is 19.1 Å². The van der Waals surface area contributed by atoms with E-state index in [2.05, 4.69) is 6.58 Å². The summed E-state index contributed by atoms with van der Waals surface area (Å²) in [6.45, 7) is 4.85. The standard InChI is InChI=1S/C8H8ClNO/c1-6(9)3-8(5-10)4-7(2)11/h3-4,11H,1H2,2H3/b7-4+,8-3+. The summed E-state index contributed by atoms with van der Waals surface area (Å²) < 4.78 is 0. The van der Waals surface area contributed by atoms with E-state index in [1.807, 2.05) is 6.07 Å². The number of allylic oxidation sites excluding steroid dienone is 5. The molecule has 0 fully saturated rings. The molecular weight excluding hydrogens is 162 g/mol. The number of nitriles is 1. The molecule has 0 amide bonds. The molecule has 0 unspecified atom stereocenters. The van der Waals surface area contributed by atoms with Gasteiger partial charge in [0.05, 0.1) is 17.4 Å². The topological polar surface area (TPSA) is 44.0 Å². The summed E-state index contributed by atoms with van der Waals surface area (Å²) in [5.74, 6) is 0.0655. The van der Waals surface area contributed by atoms with E-state index in [9.17, 15) is 0 Å². The van der Waals surface area contributed by atoms with Gasteiger partial charge in [0.2, 0.25) is 0 Å². The lowest BCUT2D eigenvalue weighted by atomic mass is 10.2. The number of nitrogens with zero attached hydrogens (tertiary/aromatic N) is 1. The highest BCUT2D eigenvalue weighted by Gasteiger charge is 1.91. The summed E-state index contributed by atoms with van der Waals surface area (Å²) in [5.41, 5.74) is 0.282. The van der Waals surface area contributed by atoms with Crippen LogP contribution in [0, 0.1) is 11.3 Å². The number of aliphatic hydroxyl groups is 1. The van der Waals surface area contributed by atoms with E-state index in [0.29, 0.717) is 0 Å².